The molecular weight excluding hydrogens is 215 g/mol. The Labute approximate surface area is 97.1 Å². The number of rotatable bonds is 0. The molecule has 0 heterocycles. The zero-order valence-electron chi connectivity index (χ0n) is 8.98. The summed E-state index contributed by atoms with van der Waals surface area (Å²) in [5, 5.41) is 2.71. The minimum Gasteiger partial charge on any atom is -0.289 e. The van der Waals surface area contributed by atoms with Crippen LogP contribution in [0.15, 0.2) is 59.4 Å². The second-order valence-corrected chi connectivity index (χ2v) is 3.98. The highest BCUT2D eigenvalue weighted by atomic mass is 19.1. The SMILES string of the molecule is O=c1c2ccccc2ccc2cc(F)ccc12. The summed E-state index contributed by atoms with van der Waals surface area (Å²) >= 11 is 0. The highest BCUT2D eigenvalue weighted by molar-refractivity contribution is 5.93. The van der Waals surface area contributed by atoms with Crippen LogP contribution >= 0.6 is 0 Å². The number of benzene rings is 2. The molecular formula is C15H9FO. The summed E-state index contributed by atoms with van der Waals surface area (Å²) in [5.41, 5.74) is -0.0550. The zero-order valence-corrected chi connectivity index (χ0v) is 8.98. The van der Waals surface area contributed by atoms with Crippen molar-refractivity contribution in [3.05, 3.63) is 70.6 Å². The van der Waals surface area contributed by atoms with Crippen LogP contribution in [0.5, 0.6) is 0 Å². The van der Waals surface area contributed by atoms with Crippen molar-refractivity contribution in [2.75, 3.05) is 0 Å². The third kappa shape index (κ3) is 1.58. The summed E-state index contributed by atoms with van der Waals surface area (Å²) in [6.45, 7) is 0. The van der Waals surface area contributed by atoms with Crippen LogP contribution < -0.4 is 5.43 Å². The van der Waals surface area contributed by atoms with E-state index in [0.29, 0.717) is 16.2 Å². The normalized spacial score (nSPS) is 10.9. The molecule has 0 aromatic heterocycles. The third-order valence-electron chi connectivity index (χ3n) is 2.91. The Balaban J connectivity index is 2.63. The Bertz CT molecular complexity index is 778. The van der Waals surface area contributed by atoms with Crippen molar-refractivity contribution >= 4 is 21.5 Å². The van der Waals surface area contributed by atoms with Gasteiger partial charge >= 0.3 is 0 Å². The van der Waals surface area contributed by atoms with Crippen LogP contribution in [0.25, 0.3) is 21.5 Å². The second kappa shape index (κ2) is 3.67. The van der Waals surface area contributed by atoms with Crippen molar-refractivity contribution in [2.24, 2.45) is 0 Å². The molecule has 82 valence electrons. The first-order valence-electron chi connectivity index (χ1n) is 5.37. The van der Waals surface area contributed by atoms with Gasteiger partial charge in [0, 0.05) is 10.8 Å². The van der Waals surface area contributed by atoms with Crippen LogP contribution in [-0.4, -0.2) is 0 Å². The summed E-state index contributed by atoms with van der Waals surface area (Å²) < 4.78 is 13.1. The van der Waals surface area contributed by atoms with Crippen molar-refractivity contribution in [3.63, 3.8) is 0 Å². The van der Waals surface area contributed by atoms with Crippen LogP contribution in [0.3, 0.4) is 0 Å². The van der Waals surface area contributed by atoms with Gasteiger partial charge in [-0.25, -0.2) is 4.39 Å². The lowest BCUT2D eigenvalue weighted by Crippen LogP contribution is -1.97. The van der Waals surface area contributed by atoms with E-state index in [2.05, 4.69) is 0 Å². The van der Waals surface area contributed by atoms with E-state index in [-0.39, 0.29) is 11.2 Å². The molecule has 0 bridgehead atoms. The van der Waals surface area contributed by atoms with Gasteiger partial charge in [0.05, 0.1) is 0 Å². The summed E-state index contributed by atoms with van der Waals surface area (Å²) in [4.78, 5) is 12.3. The molecule has 0 radical (unpaired) electrons. The summed E-state index contributed by atoms with van der Waals surface area (Å²) in [6.07, 6.45) is 0. The summed E-state index contributed by atoms with van der Waals surface area (Å²) in [6, 6.07) is 15.3. The van der Waals surface area contributed by atoms with E-state index in [1.54, 1.807) is 18.2 Å². The van der Waals surface area contributed by atoms with Crippen LogP contribution in [0.4, 0.5) is 4.39 Å². The van der Waals surface area contributed by atoms with Gasteiger partial charge in [-0.2, -0.15) is 0 Å². The molecule has 0 unspecified atom stereocenters. The van der Waals surface area contributed by atoms with Gasteiger partial charge in [-0.15, -0.1) is 0 Å². The lowest BCUT2D eigenvalue weighted by atomic mass is 10.1. The monoisotopic (exact) mass is 224 g/mol. The van der Waals surface area contributed by atoms with Crippen molar-refractivity contribution in [1.82, 2.24) is 0 Å². The van der Waals surface area contributed by atoms with Gasteiger partial charge in [-0.05, 0) is 29.0 Å². The van der Waals surface area contributed by atoms with E-state index in [9.17, 15) is 9.18 Å². The first kappa shape index (κ1) is 9.97. The topological polar surface area (TPSA) is 17.1 Å². The highest BCUT2D eigenvalue weighted by Crippen LogP contribution is 2.16. The average molecular weight is 224 g/mol. The molecule has 0 saturated heterocycles. The molecule has 0 aliphatic carbocycles. The Morgan fingerprint density at radius 1 is 0.765 bits per heavy atom. The molecule has 0 spiro atoms. The molecule has 3 aromatic carbocycles. The number of fused-ring (bicyclic) bond motifs is 2. The Kier molecular flexibility index (Phi) is 2.15. The fraction of sp³-hybridized carbons (Fsp3) is 0. The number of hydrogen-bond donors (Lipinski definition) is 0. The number of halogens is 1. The zero-order chi connectivity index (χ0) is 11.8. The average Bonchev–Trinajstić information content (AvgIpc) is 2.48. The van der Waals surface area contributed by atoms with Gasteiger partial charge in [0.25, 0.3) is 0 Å². The molecule has 0 atom stereocenters. The van der Waals surface area contributed by atoms with Crippen molar-refractivity contribution in [1.29, 1.82) is 0 Å². The maximum Gasteiger partial charge on any atom is 0.194 e. The summed E-state index contributed by atoms with van der Waals surface area (Å²) in [5.74, 6) is -0.327. The maximum absolute atomic E-state index is 13.1. The van der Waals surface area contributed by atoms with E-state index in [0.717, 1.165) is 5.39 Å². The lowest BCUT2D eigenvalue weighted by Gasteiger charge is -1.91. The van der Waals surface area contributed by atoms with Gasteiger partial charge in [-0.3, -0.25) is 4.79 Å². The van der Waals surface area contributed by atoms with Crippen molar-refractivity contribution < 1.29 is 4.39 Å². The molecule has 2 heteroatoms. The van der Waals surface area contributed by atoms with Gasteiger partial charge in [0.2, 0.25) is 0 Å². The molecule has 0 fully saturated rings. The van der Waals surface area contributed by atoms with E-state index in [1.165, 1.54) is 12.1 Å². The Morgan fingerprint density at radius 2 is 1.47 bits per heavy atom. The quantitative estimate of drug-likeness (QED) is 0.571. The van der Waals surface area contributed by atoms with E-state index >= 15 is 0 Å². The standard InChI is InChI=1S/C15H9FO/c16-12-7-8-14-11(9-12)6-5-10-3-1-2-4-13(10)15(14)17/h1-9H. The molecule has 0 N–H and O–H groups in total. The van der Waals surface area contributed by atoms with Gasteiger partial charge in [0.1, 0.15) is 5.82 Å². The number of hydrogen-bond acceptors (Lipinski definition) is 1. The van der Waals surface area contributed by atoms with Crippen LogP contribution in [0.1, 0.15) is 0 Å². The Hall–Kier alpha value is -2.22. The van der Waals surface area contributed by atoms with E-state index < -0.39 is 0 Å². The Morgan fingerprint density at radius 3 is 2.35 bits per heavy atom. The molecule has 0 amide bonds. The van der Waals surface area contributed by atoms with Crippen LogP contribution in [-0.2, 0) is 0 Å². The van der Waals surface area contributed by atoms with E-state index in [1.807, 2.05) is 24.3 Å². The maximum atomic E-state index is 13.1. The smallest absolute Gasteiger partial charge is 0.194 e. The minimum absolute atomic E-state index is 0.0550. The first-order valence-corrected chi connectivity index (χ1v) is 5.37. The summed E-state index contributed by atoms with van der Waals surface area (Å²) in [7, 11) is 0. The fourth-order valence-electron chi connectivity index (χ4n) is 2.05. The predicted molar refractivity (Wildman–Crippen MR) is 67.7 cm³/mol. The van der Waals surface area contributed by atoms with Gasteiger partial charge < -0.3 is 0 Å². The van der Waals surface area contributed by atoms with Crippen molar-refractivity contribution in [3.8, 4) is 0 Å². The lowest BCUT2D eigenvalue weighted by molar-refractivity contribution is 0.630. The first-order chi connectivity index (χ1) is 8.25. The van der Waals surface area contributed by atoms with E-state index in [4.69, 9.17) is 0 Å². The van der Waals surface area contributed by atoms with Gasteiger partial charge in [0.15, 0.2) is 5.43 Å². The largest absolute Gasteiger partial charge is 0.289 e. The predicted octanol–water partition coefficient (Wildman–Crippen LogP) is 3.49. The third-order valence-corrected chi connectivity index (χ3v) is 2.91. The second-order valence-electron chi connectivity index (χ2n) is 3.98. The minimum atomic E-state index is -0.327. The molecule has 0 saturated carbocycles. The highest BCUT2D eigenvalue weighted by Gasteiger charge is 2.02. The molecule has 17 heavy (non-hydrogen) atoms. The molecule has 3 aromatic rings. The molecule has 3 rings (SSSR count). The molecule has 0 aliphatic rings. The van der Waals surface area contributed by atoms with Crippen molar-refractivity contribution in [2.45, 2.75) is 0 Å². The van der Waals surface area contributed by atoms with Crippen LogP contribution in [0, 0.1) is 5.82 Å². The van der Waals surface area contributed by atoms with Crippen LogP contribution in [0.2, 0.25) is 0 Å². The molecule has 1 nitrogen and oxygen atoms in total. The molecule has 0 aliphatic heterocycles. The fourth-order valence-corrected chi connectivity index (χ4v) is 2.05. The van der Waals surface area contributed by atoms with Gasteiger partial charge in [-0.1, -0.05) is 36.4 Å².